The first-order chi connectivity index (χ1) is 15.2. The molecule has 1 aromatic heterocycles. The van der Waals surface area contributed by atoms with Gasteiger partial charge in [0.05, 0.1) is 4.90 Å². The Morgan fingerprint density at radius 1 is 1.06 bits per heavy atom. The van der Waals surface area contributed by atoms with Gasteiger partial charge in [-0.25, -0.2) is 8.42 Å². The van der Waals surface area contributed by atoms with Crippen LogP contribution in [0.3, 0.4) is 0 Å². The lowest BCUT2D eigenvalue weighted by atomic mass is 10.0. The quantitative estimate of drug-likeness (QED) is 0.522. The second kappa shape index (κ2) is 8.78. The molecule has 0 spiro atoms. The molecule has 2 aromatic carbocycles. The van der Waals surface area contributed by atoms with Crippen molar-refractivity contribution in [2.75, 3.05) is 4.72 Å². The van der Waals surface area contributed by atoms with Gasteiger partial charge in [-0.3, -0.25) is 14.3 Å². The fraction of sp³-hybridized carbons (Fsp3) is 0.333. The van der Waals surface area contributed by atoms with Gasteiger partial charge in [0, 0.05) is 28.8 Å². The summed E-state index contributed by atoms with van der Waals surface area (Å²) in [6.07, 6.45) is 5.32. The van der Waals surface area contributed by atoms with E-state index in [1.54, 1.807) is 12.1 Å². The average Bonchev–Trinajstić information content (AvgIpc) is 3.27. The van der Waals surface area contributed by atoms with Gasteiger partial charge in [0.15, 0.2) is 0 Å². The van der Waals surface area contributed by atoms with Gasteiger partial charge >= 0.3 is 0 Å². The van der Waals surface area contributed by atoms with Gasteiger partial charge in [0.1, 0.15) is 5.56 Å². The van der Waals surface area contributed by atoms with Crippen LogP contribution in [0.1, 0.15) is 61.4 Å². The van der Waals surface area contributed by atoms with Crippen molar-refractivity contribution in [1.29, 1.82) is 0 Å². The molecule has 1 fully saturated rings. The second-order valence-corrected chi connectivity index (χ2v) is 10.3. The molecule has 8 heteroatoms. The predicted molar refractivity (Wildman–Crippen MR) is 126 cm³/mol. The Balaban J connectivity index is 1.63. The van der Waals surface area contributed by atoms with Crippen molar-refractivity contribution in [3.05, 3.63) is 70.0 Å². The normalized spacial score (nSPS) is 14.7. The van der Waals surface area contributed by atoms with E-state index in [4.69, 9.17) is 0 Å². The summed E-state index contributed by atoms with van der Waals surface area (Å²) in [5.74, 6) is -0.0930. The number of aromatic amines is 1. The minimum absolute atomic E-state index is 0.0174. The molecule has 3 N–H and O–H groups in total. The van der Waals surface area contributed by atoms with Gasteiger partial charge in [-0.05, 0) is 54.7 Å². The highest BCUT2D eigenvalue weighted by molar-refractivity contribution is 7.92. The molecule has 168 valence electrons. The number of amides is 1. The summed E-state index contributed by atoms with van der Waals surface area (Å²) < 4.78 is 28.4. The van der Waals surface area contributed by atoms with E-state index in [1.807, 2.05) is 12.1 Å². The van der Waals surface area contributed by atoms with Crippen LogP contribution in [0.15, 0.2) is 58.4 Å². The zero-order valence-corrected chi connectivity index (χ0v) is 19.0. The average molecular weight is 454 g/mol. The highest BCUT2D eigenvalue weighted by Gasteiger charge is 2.21. The number of rotatable bonds is 6. The van der Waals surface area contributed by atoms with Crippen LogP contribution in [0.4, 0.5) is 5.69 Å². The van der Waals surface area contributed by atoms with Crippen molar-refractivity contribution >= 4 is 32.5 Å². The number of aromatic nitrogens is 1. The van der Waals surface area contributed by atoms with Crippen molar-refractivity contribution < 1.29 is 13.2 Å². The lowest BCUT2D eigenvalue weighted by Crippen LogP contribution is -2.35. The minimum atomic E-state index is -3.91. The third-order valence-electron chi connectivity index (χ3n) is 5.93. The number of sulfonamides is 1. The van der Waals surface area contributed by atoms with Crippen LogP contribution < -0.4 is 15.5 Å². The van der Waals surface area contributed by atoms with Crippen molar-refractivity contribution in [3.8, 4) is 0 Å². The number of H-pyrrole nitrogens is 1. The summed E-state index contributed by atoms with van der Waals surface area (Å²) >= 11 is 0. The van der Waals surface area contributed by atoms with Crippen LogP contribution in [0, 0.1) is 0 Å². The van der Waals surface area contributed by atoms with Gasteiger partial charge in [-0.2, -0.15) is 0 Å². The molecule has 1 aliphatic carbocycles. The molecule has 0 unspecified atom stereocenters. The maximum Gasteiger partial charge on any atom is 0.261 e. The predicted octanol–water partition coefficient (Wildman–Crippen LogP) is 4.12. The van der Waals surface area contributed by atoms with Crippen LogP contribution >= 0.6 is 0 Å². The Morgan fingerprint density at radius 3 is 2.41 bits per heavy atom. The minimum Gasteiger partial charge on any atom is -0.360 e. The van der Waals surface area contributed by atoms with E-state index in [0.717, 1.165) is 31.2 Å². The number of nitrogens with one attached hydrogen (secondary N) is 3. The van der Waals surface area contributed by atoms with Crippen molar-refractivity contribution in [3.63, 3.8) is 0 Å². The smallest absolute Gasteiger partial charge is 0.261 e. The molecule has 0 radical (unpaired) electrons. The Labute approximate surface area is 187 Å². The van der Waals surface area contributed by atoms with Gasteiger partial charge in [-0.1, -0.05) is 38.8 Å². The summed E-state index contributed by atoms with van der Waals surface area (Å²) in [4.78, 5) is 28.5. The monoisotopic (exact) mass is 453 g/mol. The van der Waals surface area contributed by atoms with Gasteiger partial charge in [0.2, 0.25) is 5.43 Å². The molecule has 0 saturated heterocycles. The van der Waals surface area contributed by atoms with Crippen LogP contribution in [-0.4, -0.2) is 25.4 Å². The number of fused-ring (bicyclic) bond motifs is 1. The van der Waals surface area contributed by atoms with E-state index in [2.05, 4.69) is 28.9 Å². The lowest BCUT2D eigenvalue weighted by Gasteiger charge is -2.12. The number of benzene rings is 2. The molecule has 1 amide bonds. The van der Waals surface area contributed by atoms with Crippen LogP contribution in [0.2, 0.25) is 0 Å². The number of hydrogen-bond donors (Lipinski definition) is 3. The SMILES string of the molecule is CC(C)c1ccc(NS(=O)(=O)c2ccc3[nH]cc(C(=O)NC4CCCC4)c(=O)c3c2)cc1. The first-order valence-electron chi connectivity index (χ1n) is 10.8. The number of pyridine rings is 1. The van der Waals surface area contributed by atoms with Gasteiger partial charge in [-0.15, -0.1) is 0 Å². The zero-order chi connectivity index (χ0) is 22.9. The first kappa shape index (κ1) is 22.1. The molecule has 3 aromatic rings. The van der Waals surface area contributed by atoms with E-state index in [0.29, 0.717) is 17.1 Å². The molecule has 0 aliphatic heterocycles. The maximum absolute atomic E-state index is 13.0. The first-order valence-corrected chi connectivity index (χ1v) is 12.3. The maximum atomic E-state index is 13.0. The summed E-state index contributed by atoms with van der Waals surface area (Å²) in [6.45, 7) is 4.13. The third-order valence-corrected chi connectivity index (χ3v) is 7.31. The van der Waals surface area contributed by atoms with Crippen LogP contribution in [0.5, 0.6) is 0 Å². The van der Waals surface area contributed by atoms with E-state index in [-0.39, 0.29) is 21.9 Å². The van der Waals surface area contributed by atoms with E-state index in [1.165, 1.54) is 24.4 Å². The lowest BCUT2D eigenvalue weighted by molar-refractivity contribution is 0.0936. The Morgan fingerprint density at radius 2 is 1.75 bits per heavy atom. The number of anilines is 1. The third kappa shape index (κ3) is 4.55. The Bertz CT molecular complexity index is 1310. The summed E-state index contributed by atoms with van der Waals surface area (Å²) in [6, 6.07) is 11.5. The molecule has 1 aliphatic rings. The molecule has 7 nitrogen and oxygen atoms in total. The number of carbonyl (C=O) groups is 1. The van der Waals surface area contributed by atoms with Gasteiger partial charge < -0.3 is 10.3 Å². The molecular formula is C24H27N3O4S. The molecule has 1 saturated carbocycles. The number of hydrogen-bond acceptors (Lipinski definition) is 4. The van der Waals surface area contributed by atoms with Crippen LogP contribution in [0.25, 0.3) is 10.9 Å². The highest BCUT2D eigenvalue weighted by atomic mass is 32.2. The summed E-state index contributed by atoms with van der Waals surface area (Å²) in [7, 11) is -3.91. The summed E-state index contributed by atoms with van der Waals surface area (Å²) in [5.41, 5.74) is 1.50. The molecule has 32 heavy (non-hydrogen) atoms. The molecule has 0 bridgehead atoms. The highest BCUT2D eigenvalue weighted by Crippen LogP contribution is 2.22. The molecular weight excluding hydrogens is 426 g/mol. The number of carbonyl (C=O) groups excluding carboxylic acids is 1. The van der Waals surface area contributed by atoms with E-state index in [9.17, 15) is 18.0 Å². The van der Waals surface area contributed by atoms with E-state index < -0.39 is 21.4 Å². The topological polar surface area (TPSA) is 108 Å². The van der Waals surface area contributed by atoms with Crippen LogP contribution in [-0.2, 0) is 10.0 Å². The Hall–Kier alpha value is -3.13. The standard InChI is InChI=1S/C24H27N3O4S/c1-15(2)16-7-9-18(10-8-16)27-32(30,31)19-11-12-22-20(13-19)23(28)21(14-25-22)24(29)26-17-5-3-4-6-17/h7-15,17,27H,3-6H2,1-2H3,(H,25,28)(H,26,29). The Kier molecular flexibility index (Phi) is 6.06. The van der Waals surface area contributed by atoms with Crippen molar-refractivity contribution in [2.24, 2.45) is 0 Å². The largest absolute Gasteiger partial charge is 0.360 e. The molecule has 1 heterocycles. The summed E-state index contributed by atoms with van der Waals surface area (Å²) in [5, 5.41) is 3.06. The second-order valence-electron chi connectivity index (χ2n) is 8.58. The van der Waals surface area contributed by atoms with E-state index >= 15 is 0 Å². The van der Waals surface area contributed by atoms with Crippen molar-refractivity contribution in [1.82, 2.24) is 10.3 Å². The van der Waals surface area contributed by atoms with Gasteiger partial charge in [0.25, 0.3) is 15.9 Å². The fourth-order valence-corrected chi connectivity index (χ4v) is 5.10. The van der Waals surface area contributed by atoms with Crippen molar-refractivity contribution in [2.45, 2.75) is 56.4 Å². The molecule has 4 rings (SSSR count). The molecule has 0 atom stereocenters. The fourth-order valence-electron chi connectivity index (χ4n) is 4.02. The zero-order valence-electron chi connectivity index (χ0n) is 18.1.